The fourth-order valence-electron chi connectivity index (χ4n) is 5.02. The highest BCUT2D eigenvalue weighted by atomic mass is 16.3. The summed E-state index contributed by atoms with van der Waals surface area (Å²) in [6, 6.07) is 24.8. The molecule has 0 unspecified atom stereocenters. The molecule has 0 saturated carbocycles. The SMILES string of the molecule is CC(C)(C)C1=Cc2cc(C(C)(C)C)c(O)c3cc(-c4ccc(-c5ccccc5)cc4)cc(c23)C1=O. The van der Waals surface area contributed by atoms with E-state index in [1.54, 1.807) is 0 Å². The molecule has 0 heterocycles. The first kappa shape index (κ1) is 23.1. The summed E-state index contributed by atoms with van der Waals surface area (Å²) in [7, 11) is 0. The summed E-state index contributed by atoms with van der Waals surface area (Å²) in [6.07, 6.45) is 2.03. The third-order valence-electron chi connectivity index (χ3n) is 6.97. The van der Waals surface area contributed by atoms with Crippen LogP contribution in [0.1, 0.15) is 63.0 Å². The van der Waals surface area contributed by atoms with Crippen LogP contribution in [0.2, 0.25) is 0 Å². The van der Waals surface area contributed by atoms with E-state index >= 15 is 0 Å². The standard InChI is InChI=1S/C33H32O2/c1-32(2,3)27-18-24-19-28(33(4,5)6)31(35)26-17-23(16-25(29(24)26)30(27)34)22-14-12-21(13-15-22)20-10-8-7-9-11-20/h7-19,34H,1-6H3. The van der Waals surface area contributed by atoms with Crippen LogP contribution in [0.5, 0.6) is 5.75 Å². The largest absolute Gasteiger partial charge is 0.507 e. The highest BCUT2D eigenvalue weighted by Crippen LogP contribution is 2.46. The summed E-state index contributed by atoms with van der Waals surface area (Å²) in [5.41, 5.74) is 7.11. The Kier molecular flexibility index (Phi) is 5.25. The van der Waals surface area contributed by atoms with Crippen molar-refractivity contribution in [3.05, 3.63) is 95.1 Å². The van der Waals surface area contributed by atoms with Crippen LogP contribution in [0.4, 0.5) is 0 Å². The van der Waals surface area contributed by atoms with Gasteiger partial charge in [-0.1, -0.05) is 96.1 Å². The van der Waals surface area contributed by atoms with Gasteiger partial charge in [-0.05, 0) is 62.9 Å². The van der Waals surface area contributed by atoms with Crippen molar-refractivity contribution in [2.45, 2.75) is 47.0 Å². The molecule has 1 N–H and O–H groups in total. The number of allylic oxidation sites excluding steroid dienone is 1. The molecule has 4 aromatic rings. The molecule has 0 fully saturated rings. The molecular formula is C33H32O2. The second kappa shape index (κ2) is 7.95. The van der Waals surface area contributed by atoms with Crippen molar-refractivity contribution in [1.82, 2.24) is 0 Å². The van der Waals surface area contributed by atoms with Crippen LogP contribution >= 0.6 is 0 Å². The third-order valence-corrected chi connectivity index (χ3v) is 6.97. The van der Waals surface area contributed by atoms with E-state index in [0.29, 0.717) is 5.56 Å². The molecule has 5 rings (SSSR count). The molecule has 0 aromatic heterocycles. The van der Waals surface area contributed by atoms with Gasteiger partial charge in [0.05, 0.1) is 0 Å². The van der Waals surface area contributed by atoms with E-state index in [1.165, 1.54) is 5.56 Å². The highest BCUT2D eigenvalue weighted by molar-refractivity contribution is 6.24. The van der Waals surface area contributed by atoms with Gasteiger partial charge in [-0.25, -0.2) is 0 Å². The summed E-state index contributed by atoms with van der Waals surface area (Å²) in [6.45, 7) is 12.6. The maximum absolute atomic E-state index is 13.7. The number of hydrogen-bond donors (Lipinski definition) is 1. The van der Waals surface area contributed by atoms with Gasteiger partial charge in [0.25, 0.3) is 0 Å². The third kappa shape index (κ3) is 3.97. The van der Waals surface area contributed by atoms with Gasteiger partial charge in [-0.15, -0.1) is 0 Å². The Morgan fingerprint density at radius 2 is 1.23 bits per heavy atom. The van der Waals surface area contributed by atoms with Crippen molar-refractivity contribution < 1.29 is 9.90 Å². The van der Waals surface area contributed by atoms with E-state index < -0.39 is 0 Å². The lowest BCUT2D eigenvalue weighted by Gasteiger charge is -2.29. The van der Waals surface area contributed by atoms with Gasteiger partial charge >= 0.3 is 0 Å². The monoisotopic (exact) mass is 460 g/mol. The number of Topliss-reactive ketones (excluding diaryl/α,β-unsaturated/α-hetero) is 1. The van der Waals surface area contributed by atoms with Gasteiger partial charge in [-0.3, -0.25) is 4.79 Å². The molecule has 1 aliphatic carbocycles. The molecule has 0 saturated heterocycles. The van der Waals surface area contributed by atoms with Crippen molar-refractivity contribution >= 4 is 22.6 Å². The molecule has 2 nitrogen and oxygen atoms in total. The van der Waals surface area contributed by atoms with Gasteiger partial charge in [0.1, 0.15) is 5.75 Å². The zero-order chi connectivity index (χ0) is 25.1. The van der Waals surface area contributed by atoms with E-state index in [-0.39, 0.29) is 22.4 Å². The first-order valence-electron chi connectivity index (χ1n) is 12.2. The number of carbonyl (C=O) groups excluding carboxylic acids is 1. The molecule has 0 spiro atoms. The number of carbonyl (C=O) groups is 1. The molecule has 2 heteroatoms. The second-order valence-corrected chi connectivity index (χ2v) is 11.6. The Hall–Kier alpha value is -3.65. The van der Waals surface area contributed by atoms with Crippen LogP contribution in [0, 0.1) is 5.41 Å². The number of hydrogen-bond acceptors (Lipinski definition) is 2. The Morgan fingerprint density at radius 1 is 0.657 bits per heavy atom. The van der Waals surface area contributed by atoms with Crippen LogP contribution in [0.15, 0.2) is 78.4 Å². The fourth-order valence-corrected chi connectivity index (χ4v) is 5.02. The van der Waals surface area contributed by atoms with Crippen molar-refractivity contribution in [2.24, 2.45) is 5.41 Å². The van der Waals surface area contributed by atoms with Crippen LogP contribution in [-0.4, -0.2) is 10.9 Å². The number of benzene rings is 4. The molecule has 0 amide bonds. The summed E-state index contributed by atoms with van der Waals surface area (Å²) >= 11 is 0. The maximum atomic E-state index is 13.7. The zero-order valence-corrected chi connectivity index (χ0v) is 21.4. The van der Waals surface area contributed by atoms with Crippen molar-refractivity contribution in [1.29, 1.82) is 0 Å². The lowest BCUT2D eigenvalue weighted by molar-refractivity contribution is 0.101. The van der Waals surface area contributed by atoms with Crippen LogP contribution < -0.4 is 0 Å². The Labute approximate surface area is 208 Å². The molecule has 0 radical (unpaired) electrons. The lowest BCUT2D eigenvalue weighted by Crippen LogP contribution is -2.21. The molecular weight excluding hydrogens is 428 g/mol. The van der Waals surface area contributed by atoms with E-state index in [2.05, 4.69) is 84.0 Å². The average Bonchev–Trinajstić information content (AvgIpc) is 2.81. The predicted molar refractivity (Wildman–Crippen MR) is 147 cm³/mol. The zero-order valence-electron chi connectivity index (χ0n) is 21.4. The van der Waals surface area contributed by atoms with Gasteiger partial charge in [0.2, 0.25) is 0 Å². The second-order valence-electron chi connectivity index (χ2n) is 11.6. The van der Waals surface area contributed by atoms with Crippen LogP contribution in [0.25, 0.3) is 39.1 Å². The smallest absolute Gasteiger partial charge is 0.190 e. The van der Waals surface area contributed by atoms with E-state index in [1.807, 2.05) is 36.4 Å². The van der Waals surface area contributed by atoms with Gasteiger partial charge in [0.15, 0.2) is 5.78 Å². The molecule has 0 aliphatic heterocycles. The normalized spacial score (nSPS) is 13.8. The van der Waals surface area contributed by atoms with Crippen molar-refractivity contribution in [2.75, 3.05) is 0 Å². The molecule has 0 bridgehead atoms. The average molecular weight is 461 g/mol. The topological polar surface area (TPSA) is 37.3 Å². The van der Waals surface area contributed by atoms with Crippen molar-refractivity contribution in [3.63, 3.8) is 0 Å². The number of aromatic hydroxyl groups is 1. The summed E-state index contributed by atoms with van der Waals surface area (Å²) < 4.78 is 0. The van der Waals surface area contributed by atoms with Crippen LogP contribution in [0.3, 0.4) is 0 Å². The molecule has 0 atom stereocenters. The van der Waals surface area contributed by atoms with Crippen LogP contribution in [-0.2, 0) is 5.41 Å². The maximum Gasteiger partial charge on any atom is 0.190 e. The lowest BCUT2D eigenvalue weighted by atomic mass is 9.74. The van der Waals surface area contributed by atoms with Gasteiger partial charge in [-0.2, -0.15) is 0 Å². The van der Waals surface area contributed by atoms with Crippen molar-refractivity contribution in [3.8, 4) is 28.0 Å². The highest BCUT2D eigenvalue weighted by Gasteiger charge is 2.32. The molecule has 35 heavy (non-hydrogen) atoms. The minimum absolute atomic E-state index is 0.0423. The first-order chi connectivity index (χ1) is 16.4. The summed E-state index contributed by atoms with van der Waals surface area (Å²) in [5, 5.41) is 13.0. The minimum Gasteiger partial charge on any atom is -0.507 e. The van der Waals surface area contributed by atoms with E-state index in [4.69, 9.17) is 0 Å². The molecule has 1 aliphatic rings. The Bertz CT molecular complexity index is 1490. The minimum atomic E-state index is -0.284. The summed E-state index contributed by atoms with van der Waals surface area (Å²) in [4.78, 5) is 13.7. The first-order valence-corrected chi connectivity index (χ1v) is 12.2. The Balaban J connectivity index is 1.75. The number of phenols is 1. The number of phenolic OH excluding ortho intramolecular Hbond substituents is 1. The molecule has 4 aromatic carbocycles. The number of ketones is 1. The van der Waals surface area contributed by atoms with Gasteiger partial charge in [0, 0.05) is 27.5 Å². The van der Waals surface area contributed by atoms with Gasteiger partial charge < -0.3 is 5.11 Å². The quantitative estimate of drug-likeness (QED) is 0.324. The predicted octanol–water partition coefficient (Wildman–Crippen LogP) is 8.80. The summed E-state index contributed by atoms with van der Waals surface area (Å²) in [5.74, 6) is 0.307. The fraction of sp³-hybridized carbons (Fsp3) is 0.242. The van der Waals surface area contributed by atoms with E-state index in [0.717, 1.165) is 44.2 Å². The number of rotatable bonds is 2. The Morgan fingerprint density at radius 3 is 1.80 bits per heavy atom. The van der Waals surface area contributed by atoms with E-state index in [9.17, 15) is 9.90 Å². The molecule has 176 valence electrons.